The summed E-state index contributed by atoms with van der Waals surface area (Å²) in [6.07, 6.45) is 8.56. The third-order valence-electron chi connectivity index (χ3n) is 3.20. The minimum Gasteiger partial charge on any atom is -0.384 e. The Bertz CT molecular complexity index is 524. The first-order valence-corrected chi connectivity index (χ1v) is 5.49. The lowest BCUT2D eigenvalue weighted by atomic mass is 9.86. The summed E-state index contributed by atoms with van der Waals surface area (Å²) >= 11 is 0. The molecule has 0 spiro atoms. The molecule has 80 valence electrons. The molecule has 0 heterocycles. The number of aliphatic hydroxyl groups excluding tert-OH is 1. The van der Waals surface area contributed by atoms with Gasteiger partial charge in [-0.05, 0) is 47.8 Å². The van der Waals surface area contributed by atoms with Crippen LogP contribution in [-0.2, 0) is 6.42 Å². The molecule has 1 atom stereocenters. The van der Waals surface area contributed by atoms with Crippen molar-refractivity contribution in [3.8, 4) is 0 Å². The summed E-state index contributed by atoms with van der Waals surface area (Å²) in [5, 5.41) is 9.82. The van der Waals surface area contributed by atoms with E-state index in [1.54, 1.807) is 6.08 Å². The fourth-order valence-corrected chi connectivity index (χ4v) is 2.33. The summed E-state index contributed by atoms with van der Waals surface area (Å²) in [6, 6.07) is 3.87. The number of aliphatic hydroxyl groups is 1. The van der Waals surface area contributed by atoms with Gasteiger partial charge in [0, 0.05) is 5.56 Å². The summed E-state index contributed by atoms with van der Waals surface area (Å²) in [5.74, 6) is -0.0120. The van der Waals surface area contributed by atoms with Gasteiger partial charge in [-0.2, -0.15) is 0 Å². The van der Waals surface area contributed by atoms with E-state index in [2.05, 4.69) is 12.2 Å². The number of fused-ring (bicyclic) bond motifs is 2. The van der Waals surface area contributed by atoms with Crippen molar-refractivity contribution in [3.05, 3.63) is 52.6 Å². The van der Waals surface area contributed by atoms with Gasteiger partial charge in [0.1, 0.15) is 0 Å². The molecular formula is C14H12O2. The van der Waals surface area contributed by atoms with Gasteiger partial charge >= 0.3 is 0 Å². The number of hydrogen-bond acceptors (Lipinski definition) is 2. The van der Waals surface area contributed by atoms with Gasteiger partial charge in [0.05, 0.1) is 6.10 Å². The fourth-order valence-electron chi connectivity index (χ4n) is 2.33. The molecule has 0 radical (unpaired) electrons. The van der Waals surface area contributed by atoms with Crippen molar-refractivity contribution < 1.29 is 9.90 Å². The zero-order valence-electron chi connectivity index (χ0n) is 8.81. The predicted molar refractivity (Wildman–Crippen MR) is 62.2 cm³/mol. The first kappa shape index (κ1) is 9.55. The summed E-state index contributed by atoms with van der Waals surface area (Å²) < 4.78 is 0. The van der Waals surface area contributed by atoms with Crippen LogP contribution in [0.2, 0.25) is 0 Å². The molecular weight excluding hydrogens is 200 g/mol. The van der Waals surface area contributed by atoms with Crippen molar-refractivity contribution in [2.24, 2.45) is 0 Å². The first-order valence-electron chi connectivity index (χ1n) is 5.49. The molecule has 2 nitrogen and oxygen atoms in total. The largest absolute Gasteiger partial charge is 0.384 e. The zero-order chi connectivity index (χ0) is 11.1. The molecule has 16 heavy (non-hydrogen) atoms. The third-order valence-corrected chi connectivity index (χ3v) is 3.20. The van der Waals surface area contributed by atoms with Crippen LogP contribution in [0.1, 0.15) is 39.6 Å². The molecule has 1 aromatic rings. The maximum Gasteiger partial charge on any atom is 0.186 e. The van der Waals surface area contributed by atoms with Crippen LogP contribution in [0.15, 0.2) is 30.4 Å². The third kappa shape index (κ3) is 1.34. The highest BCUT2D eigenvalue weighted by Crippen LogP contribution is 2.30. The molecule has 1 aromatic carbocycles. The van der Waals surface area contributed by atoms with Gasteiger partial charge in [-0.15, -0.1) is 0 Å². The van der Waals surface area contributed by atoms with Gasteiger partial charge in [0.2, 0.25) is 0 Å². The Labute approximate surface area is 93.9 Å². The van der Waals surface area contributed by atoms with E-state index < -0.39 is 6.10 Å². The van der Waals surface area contributed by atoms with Crippen LogP contribution in [-0.4, -0.2) is 10.9 Å². The van der Waals surface area contributed by atoms with Crippen molar-refractivity contribution in [2.75, 3.05) is 0 Å². The molecule has 0 amide bonds. The number of aryl methyl sites for hydroxylation is 1. The number of rotatable bonds is 0. The average molecular weight is 212 g/mol. The smallest absolute Gasteiger partial charge is 0.186 e. The topological polar surface area (TPSA) is 37.3 Å². The monoisotopic (exact) mass is 212 g/mol. The number of hydrogen-bond donors (Lipinski definition) is 1. The van der Waals surface area contributed by atoms with E-state index in [9.17, 15) is 9.90 Å². The predicted octanol–water partition coefficient (Wildman–Crippen LogP) is 2.43. The van der Waals surface area contributed by atoms with Gasteiger partial charge in [-0.25, -0.2) is 0 Å². The van der Waals surface area contributed by atoms with Crippen LogP contribution in [0, 0.1) is 0 Å². The van der Waals surface area contributed by atoms with E-state index in [4.69, 9.17) is 0 Å². The standard InChI is InChI=1S/C14H12O2/c15-13-5-6-14(16)12-8-10-4-2-1-3-9(10)7-11(12)13/h1,3,5-8,14,16H,2,4H2. The van der Waals surface area contributed by atoms with Gasteiger partial charge in [-0.1, -0.05) is 18.2 Å². The first-order chi connectivity index (χ1) is 7.75. The van der Waals surface area contributed by atoms with Crippen LogP contribution in [0.25, 0.3) is 6.08 Å². The number of carbonyl (C=O) groups excluding carboxylic acids is 1. The normalized spacial score (nSPS) is 21.8. The minimum atomic E-state index is -0.635. The fraction of sp³-hybridized carbons (Fsp3) is 0.214. The summed E-state index contributed by atoms with van der Waals surface area (Å²) in [4.78, 5) is 11.7. The molecule has 2 aliphatic carbocycles. The Kier molecular flexibility index (Phi) is 2.04. The highest BCUT2D eigenvalue weighted by molar-refractivity contribution is 6.07. The van der Waals surface area contributed by atoms with E-state index in [1.807, 2.05) is 12.1 Å². The highest BCUT2D eigenvalue weighted by Gasteiger charge is 2.21. The summed E-state index contributed by atoms with van der Waals surface area (Å²) in [7, 11) is 0. The molecule has 1 N–H and O–H groups in total. The maximum atomic E-state index is 11.7. The van der Waals surface area contributed by atoms with Gasteiger partial charge in [0.25, 0.3) is 0 Å². The minimum absolute atomic E-state index is 0.0120. The second-order valence-corrected chi connectivity index (χ2v) is 4.25. The second-order valence-electron chi connectivity index (χ2n) is 4.25. The summed E-state index contributed by atoms with van der Waals surface area (Å²) in [6.45, 7) is 0. The van der Waals surface area contributed by atoms with Gasteiger partial charge < -0.3 is 5.11 Å². The molecule has 2 heteroatoms. The molecule has 0 saturated heterocycles. The number of allylic oxidation sites excluding steroid dienone is 2. The van der Waals surface area contributed by atoms with E-state index in [0.29, 0.717) is 5.56 Å². The Morgan fingerprint density at radius 2 is 2.12 bits per heavy atom. The zero-order valence-corrected chi connectivity index (χ0v) is 8.81. The van der Waals surface area contributed by atoms with E-state index in [0.717, 1.165) is 24.0 Å². The van der Waals surface area contributed by atoms with E-state index in [1.165, 1.54) is 11.6 Å². The molecule has 3 rings (SSSR count). The Morgan fingerprint density at radius 1 is 1.25 bits per heavy atom. The lowest BCUT2D eigenvalue weighted by Gasteiger charge is -2.20. The lowest BCUT2D eigenvalue weighted by Crippen LogP contribution is -2.12. The number of carbonyl (C=O) groups is 1. The number of benzene rings is 1. The Balaban J connectivity index is 2.22. The van der Waals surface area contributed by atoms with Crippen molar-refractivity contribution in [2.45, 2.75) is 18.9 Å². The summed E-state index contributed by atoms with van der Waals surface area (Å²) in [5.41, 5.74) is 3.73. The molecule has 1 unspecified atom stereocenters. The van der Waals surface area contributed by atoms with Crippen molar-refractivity contribution in [1.29, 1.82) is 0 Å². The molecule has 0 saturated carbocycles. The number of ketones is 1. The van der Waals surface area contributed by atoms with E-state index >= 15 is 0 Å². The van der Waals surface area contributed by atoms with Crippen molar-refractivity contribution in [1.82, 2.24) is 0 Å². The quantitative estimate of drug-likeness (QED) is 0.717. The van der Waals surface area contributed by atoms with Crippen LogP contribution >= 0.6 is 0 Å². The van der Waals surface area contributed by atoms with Crippen LogP contribution in [0.4, 0.5) is 0 Å². The van der Waals surface area contributed by atoms with Crippen molar-refractivity contribution in [3.63, 3.8) is 0 Å². The SMILES string of the molecule is O=C1C=CC(O)c2cc3c(cc21)C=CCC3. The molecule has 0 aliphatic heterocycles. The maximum absolute atomic E-state index is 11.7. The molecule has 0 bridgehead atoms. The van der Waals surface area contributed by atoms with Crippen LogP contribution in [0.3, 0.4) is 0 Å². The van der Waals surface area contributed by atoms with E-state index in [-0.39, 0.29) is 5.78 Å². The van der Waals surface area contributed by atoms with Crippen molar-refractivity contribution >= 4 is 11.9 Å². The molecule has 0 fully saturated rings. The second kappa shape index (κ2) is 3.42. The Morgan fingerprint density at radius 3 is 3.00 bits per heavy atom. The Hall–Kier alpha value is -1.67. The highest BCUT2D eigenvalue weighted by atomic mass is 16.3. The lowest BCUT2D eigenvalue weighted by molar-refractivity contribution is 0.103. The average Bonchev–Trinajstić information content (AvgIpc) is 2.32. The molecule has 2 aliphatic rings. The van der Waals surface area contributed by atoms with Crippen LogP contribution < -0.4 is 0 Å². The van der Waals surface area contributed by atoms with Gasteiger partial charge in [-0.3, -0.25) is 4.79 Å². The van der Waals surface area contributed by atoms with Gasteiger partial charge in [0.15, 0.2) is 5.78 Å². The van der Waals surface area contributed by atoms with Crippen LogP contribution in [0.5, 0.6) is 0 Å². The molecule has 0 aromatic heterocycles.